The molecule has 62 valence electrons. The summed E-state index contributed by atoms with van der Waals surface area (Å²) in [6.45, 7) is 0. The number of nitrogens with zero attached hydrogens (tertiary/aromatic N) is 1. The Labute approximate surface area is 76.4 Å². The lowest BCUT2D eigenvalue weighted by Gasteiger charge is -1.94. The Morgan fingerprint density at radius 1 is 1.42 bits per heavy atom. The Hall–Kier alpha value is -1.23. The molecule has 5 heteroatoms. The van der Waals surface area contributed by atoms with Gasteiger partial charge in [-0.05, 0) is 22.0 Å². The molecule has 0 aliphatic rings. The number of pyridine rings is 1. The molecule has 0 radical (unpaired) electrons. The third-order valence-electron chi connectivity index (χ3n) is 1.16. The monoisotopic (exact) mass is 229 g/mol. The molecular weight excluding hydrogens is 226 g/mol. The standard InChI is InChI=1S/C7H4BrNO3/c8-5-1-4(2-9-3-5)6(10)7(11)12/h1-3H,(H,11,12). The number of aromatic nitrogens is 1. The van der Waals surface area contributed by atoms with Gasteiger partial charge in [-0.15, -0.1) is 0 Å². The van der Waals surface area contributed by atoms with Gasteiger partial charge in [0.2, 0.25) is 0 Å². The summed E-state index contributed by atoms with van der Waals surface area (Å²) in [5, 5.41) is 8.33. The fourth-order valence-electron chi connectivity index (χ4n) is 0.660. The largest absolute Gasteiger partial charge is 0.475 e. The highest BCUT2D eigenvalue weighted by Crippen LogP contribution is 2.09. The van der Waals surface area contributed by atoms with Gasteiger partial charge in [0.05, 0.1) is 0 Å². The maximum Gasteiger partial charge on any atom is 0.377 e. The highest BCUT2D eigenvalue weighted by atomic mass is 79.9. The number of carbonyl (C=O) groups is 2. The molecule has 0 fully saturated rings. The smallest absolute Gasteiger partial charge is 0.377 e. The van der Waals surface area contributed by atoms with E-state index in [9.17, 15) is 9.59 Å². The lowest BCUT2D eigenvalue weighted by Crippen LogP contribution is -2.12. The number of Topliss-reactive ketones (excluding diaryl/α,β-unsaturated/α-hetero) is 1. The number of halogens is 1. The maximum atomic E-state index is 10.8. The van der Waals surface area contributed by atoms with Crippen LogP contribution in [0.4, 0.5) is 0 Å². The Morgan fingerprint density at radius 2 is 2.08 bits per heavy atom. The molecule has 1 rings (SSSR count). The number of hydrogen-bond donors (Lipinski definition) is 1. The van der Waals surface area contributed by atoms with Crippen LogP contribution < -0.4 is 0 Å². The third-order valence-corrected chi connectivity index (χ3v) is 1.59. The van der Waals surface area contributed by atoms with Crippen LogP contribution >= 0.6 is 15.9 Å². The molecule has 0 atom stereocenters. The van der Waals surface area contributed by atoms with E-state index < -0.39 is 11.8 Å². The van der Waals surface area contributed by atoms with Crippen LogP contribution in [-0.2, 0) is 4.79 Å². The second kappa shape index (κ2) is 3.44. The van der Waals surface area contributed by atoms with Gasteiger partial charge >= 0.3 is 5.97 Å². The summed E-state index contributed by atoms with van der Waals surface area (Å²) in [6, 6.07) is 1.41. The normalized spacial score (nSPS) is 9.42. The van der Waals surface area contributed by atoms with Crippen LogP contribution in [0.5, 0.6) is 0 Å². The molecule has 4 nitrogen and oxygen atoms in total. The van der Waals surface area contributed by atoms with Crippen LogP contribution in [0.1, 0.15) is 10.4 Å². The lowest BCUT2D eigenvalue weighted by atomic mass is 10.2. The molecule has 1 aromatic rings. The van der Waals surface area contributed by atoms with Gasteiger partial charge in [-0.2, -0.15) is 0 Å². The number of hydrogen-bond acceptors (Lipinski definition) is 3. The Kier molecular flexibility index (Phi) is 2.54. The first-order valence-electron chi connectivity index (χ1n) is 2.99. The molecular formula is C7H4BrNO3. The van der Waals surface area contributed by atoms with E-state index in [1.807, 2.05) is 0 Å². The second-order valence-corrected chi connectivity index (χ2v) is 2.94. The molecule has 0 aliphatic carbocycles. The Morgan fingerprint density at radius 3 is 2.58 bits per heavy atom. The average Bonchev–Trinajstić information content (AvgIpc) is 2.03. The molecule has 0 spiro atoms. The van der Waals surface area contributed by atoms with Gasteiger partial charge in [-0.3, -0.25) is 9.78 Å². The van der Waals surface area contributed by atoms with Crippen molar-refractivity contribution < 1.29 is 14.7 Å². The van der Waals surface area contributed by atoms with E-state index in [1.54, 1.807) is 0 Å². The summed E-state index contributed by atoms with van der Waals surface area (Å²) in [4.78, 5) is 24.7. The number of carboxylic acid groups (broad SMARTS) is 1. The molecule has 0 saturated carbocycles. The first-order chi connectivity index (χ1) is 5.61. The van der Waals surface area contributed by atoms with E-state index >= 15 is 0 Å². The van der Waals surface area contributed by atoms with E-state index in [1.165, 1.54) is 18.5 Å². The minimum Gasteiger partial charge on any atom is -0.475 e. The van der Waals surface area contributed by atoms with Crippen LogP contribution in [0.25, 0.3) is 0 Å². The predicted molar refractivity (Wildman–Crippen MR) is 43.9 cm³/mol. The topological polar surface area (TPSA) is 67.3 Å². The zero-order chi connectivity index (χ0) is 9.14. The molecule has 0 bridgehead atoms. The van der Waals surface area contributed by atoms with Crippen molar-refractivity contribution in [2.24, 2.45) is 0 Å². The van der Waals surface area contributed by atoms with Crippen molar-refractivity contribution in [1.29, 1.82) is 0 Å². The van der Waals surface area contributed by atoms with Crippen molar-refractivity contribution >= 4 is 27.7 Å². The van der Waals surface area contributed by atoms with Crippen LogP contribution in [0.15, 0.2) is 22.9 Å². The highest BCUT2D eigenvalue weighted by molar-refractivity contribution is 9.10. The van der Waals surface area contributed by atoms with E-state index in [0.29, 0.717) is 4.47 Å². The van der Waals surface area contributed by atoms with Crippen molar-refractivity contribution in [2.45, 2.75) is 0 Å². The molecule has 1 aromatic heterocycles. The summed E-state index contributed by atoms with van der Waals surface area (Å²) in [5.74, 6) is -2.43. The Balaban J connectivity index is 3.04. The van der Waals surface area contributed by atoms with Crippen molar-refractivity contribution in [3.05, 3.63) is 28.5 Å². The van der Waals surface area contributed by atoms with Gasteiger partial charge in [0.1, 0.15) is 0 Å². The molecule has 0 unspecified atom stereocenters. The minimum atomic E-state index is -1.48. The third kappa shape index (κ3) is 1.88. The number of ketones is 1. The van der Waals surface area contributed by atoms with E-state index in [4.69, 9.17) is 5.11 Å². The first kappa shape index (κ1) is 8.86. The molecule has 1 N–H and O–H groups in total. The number of carboxylic acids is 1. The SMILES string of the molecule is O=C(O)C(=O)c1cncc(Br)c1. The minimum absolute atomic E-state index is 0.0666. The van der Waals surface area contributed by atoms with Gasteiger partial charge in [-0.25, -0.2) is 4.79 Å². The summed E-state index contributed by atoms with van der Waals surface area (Å²) in [6.07, 6.45) is 2.68. The van der Waals surface area contributed by atoms with Crippen LogP contribution in [-0.4, -0.2) is 21.8 Å². The molecule has 1 heterocycles. The van der Waals surface area contributed by atoms with Gasteiger partial charge in [0, 0.05) is 22.4 Å². The quantitative estimate of drug-likeness (QED) is 0.610. The average molecular weight is 230 g/mol. The zero-order valence-electron chi connectivity index (χ0n) is 5.82. The van der Waals surface area contributed by atoms with Gasteiger partial charge < -0.3 is 5.11 Å². The Bertz CT molecular complexity index is 337. The second-order valence-electron chi connectivity index (χ2n) is 2.03. The molecule has 0 saturated heterocycles. The summed E-state index contributed by atoms with van der Waals surface area (Å²) < 4.78 is 0.578. The van der Waals surface area contributed by atoms with Crippen molar-refractivity contribution in [2.75, 3.05) is 0 Å². The van der Waals surface area contributed by atoms with E-state index in [0.717, 1.165) is 0 Å². The summed E-state index contributed by atoms with van der Waals surface area (Å²) in [7, 11) is 0. The number of carbonyl (C=O) groups excluding carboxylic acids is 1. The fourth-order valence-corrected chi connectivity index (χ4v) is 1.02. The van der Waals surface area contributed by atoms with Crippen LogP contribution in [0.2, 0.25) is 0 Å². The van der Waals surface area contributed by atoms with E-state index in [2.05, 4.69) is 20.9 Å². The van der Waals surface area contributed by atoms with Crippen LogP contribution in [0.3, 0.4) is 0 Å². The summed E-state index contributed by atoms with van der Waals surface area (Å²) in [5.41, 5.74) is 0.0666. The molecule has 0 aromatic carbocycles. The molecule has 0 aliphatic heterocycles. The number of aliphatic carboxylic acids is 1. The highest BCUT2D eigenvalue weighted by Gasteiger charge is 2.14. The molecule has 12 heavy (non-hydrogen) atoms. The number of rotatable bonds is 2. The fraction of sp³-hybridized carbons (Fsp3) is 0. The van der Waals surface area contributed by atoms with Crippen molar-refractivity contribution in [3.63, 3.8) is 0 Å². The zero-order valence-corrected chi connectivity index (χ0v) is 7.41. The van der Waals surface area contributed by atoms with Gasteiger partial charge in [0.15, 0.2) is 0 Å². The van der Waals surface area contributed by atoms with Gasteiger partial charge in [-0.1, -0.05) is 0 Å². The first-order valence-corrected chi connectivity index (χ1v) is 3.78. The predicted octanol–water partition coefficient (Wildman–Crippen LogP) is 1.11. The maximum absolute atomic E-state index is 10.8. The van der Waals surface area contributed by atoms with E-state index in [-0.39, 0.29) is 5.56 Å². The molecule has 0 amide bonds. The van der Waals surface area contributed by atoms with Crippen molar-refractivity contribution in [1.82, 2.24) is 4.98 Å². The van der Waals surface area contributed by atoms with Gasteiger partial charge in [0.25, 0.3) is 5.78 Å². The van der Waals surface area contributed by atoms with Crippen LogP contribution in [0, 0.1) is 0 Å². The van der Waals surface area contributed by atoms with Crippen molar-refractivity contribution in [3.8, 4) is 0 Å². The lowest BCUT2D eigenvalue weighted by molar-refractivity contribution is -0.131. The summed E-state index contributed by atoms with van der Waals surface area (Å²) >= 11 is 3.07.